The van der Waals surface area contributed by atoms with Gasteiger partial charge in [-0.1, -0.05) is 17.9 Å². The molecule has 108 valence electrons. The lowest BCUT2D eigenvalue weighted by Gasteiger charge is -2.06. The predicted octanol–water partition coefficient (Wildman–Crippen LogP) is 1.63. The van der Waals surface area contributed by atoms with E-state index in [1.807, 2.05) is 19.9 Å². The quantitative estimate of drug-likeness (QED) is 0.823. The number of rotatable bonds is 2. The van der Waals surface area contributed by atoms with Gasteiger partial charge in [-0.2, -0.15) is 5.10 Å². The number of amides is 1. The number of aryl methyl sites for hydroxylation is 3. The first kappa shape index (κ1) is 14.8. The smallest absolute Gasteiger partial charge is 0.256 e. The number of hydrogen-bond acceptors (Lipinski definition) is 3. The van der Waals surface area contributed by atoms with Gasteiger partial charge < -0.3 is 10.4 Å². The maximum atomic E-state index is 12.3. The molecule has 0 aliphatic rings. The van der Waals surface area contributed by atoms with Crippen molar-refractivity contribution < 1.29 is 9.90 Å². The molecule has 0 bridgehead atoms. The average Bonchev–Trinajstić information content (AvgIpc) is 2.76. The third-order valence-electron chi connectivity index (χ3n) is 3.05. The van der Waals surface area contributed by atoms with Crippen LogP contribution in [-0.2, 0) is 7.05 Å². The lowest BCUT2D eigenvalue weighted by molar-refractivity contribution is 0.102. The minimum atomic E-state index is -0.218. The zero-order chi connectivity index (χ0) is 15.4. The van der Waals surface area contributed by atoms with Gasteiger partial charge in [-0.25, -0.2) is 0 Å². The first-order chi connectivity index (χ1) is 10.0. The Morgan fingerprint density at radius 1 is 1.38 bits per heavy atom. The molecule has 21 heavy (non-hydrogen) atoms. The van der Waals surface area contributed by atoms with Crippen LogP contribution >= 0.6 is 0 Å². The number of aliphatic hydroxyl groups excluding tert-OH is 1. The van der Waals surface area contributed by atoms with E-state index in [4.69, 9.17) is 5.11 Å². The maximum Gasteiger partial charge on any atom is 0.256 e. The average molecular weight is 283 g/mol. The van der Waals surface area contributed by atoms with Gasteiger partial charge in [0.05, 0.1) is 5.69 Å². The number of anilines is 1. The van der Waals surface area contributed by atoms with Crippen molar-refractivity contribution in [2.45, 2.75) is 13.8 Å². The van der Waals surface area contributed by atoms with Crippen LogP contribution in [0.4, 0.5) is 5.82 Å². The van der Waals surface area contributed by atoms with Crippen LogP contribution in [0.3, 0.4) is 0 Å². The molecule has 1 amide bonds. The minimum Gasteiger partial charge on any atom is -0.384 e. The summed E-state index contributed by atoms with van der Waals surface area (Å²) in [6.45, 7) is 3.57. The van der Waals surface area contributed by atoms with E-state index in [2.05, 4.69) is 22.3 Å². The molecule has 0 aliphatic heterocycles. The molecule has 0 unspecified atom stereocenters. The molecule has 0 radical (unpaired) electrons. The molecule has 5 heteroatoms. The summed E-state index contributed by atoms with van der Waals surface area (Å²) in [6, 6.07) is 7.11. The third kappa shape index (κ3) is 3.50. The Bertz CT molecular complexity index is 736. The van der Waals surface area contributed by atoms with Crippen LogP contribution in [0.5, 0.6) is 0 Å². The van der Waals surface area contributed by atoms with Gasteiger partial charge in [0.25, 0.3) is 5.91 Å². The highest BCUT2D eigenvalue weighted by Gasteiger charge is 2.10. The highest BCUT2D eigenvalue weighted by Crippen LogP contribution is 2.13. The third-order valence-corrected chi connectivity index (χ3v) is 3.05. The van der Waals surface area contributed by atoms with Gasteiger partial charge in [-0.3, -0.25) is 9.48 Å². The van der Waals surface area contributed by atoms with Gasteiger partial charge in [-0.05, 0) is 31.5 Å². The van der Waals surface area contributed by atoms with E-state index in [1.165, 1.54) is 0 Å². The van der Waals surface area contributed by atoms with Crippen LogP contribution < -0.4 is 5.32 Å². The Morgan fingerprint density at radius 2 is 2.14 bits per heavy atom. The number of carbonyl (C=O) groups is 1. The van der Waals surface area contributed by atoms with Crippen molar-refractivity contribution in [2.24, 2.45) is 7.05 Å². The predicted molar refractivity (Wildman–Crippen MR) is 81.0 cm³/mol. The summed E-state index contributed by atoms with van der Waals surface area (Å²) >= 11 is 0. The van der Waals surface area contributed by atoms with Crippen LogP contribution in [0, 0.1) is 25.7 Å². The van der Waals surface area contributed by atoms with Gasteiger partial charge in [0.1, 0.15) is 12.4 Å². The lowest BCUT2D eigenvalue weighted by Crippen LogP contribution is -2.14. The summed E-state index contributed by atoms with van der Waals surface area (Å²) in [5.41, 5.74) is 3.05. The molecule has 0 aliphatic carbocycles. The minimum absolute atomic E-state index is 0.204. The number of aliphatic hydroxyl groups is 1. The number of hydrogen-bond donors (Lipinski definition) is 2. The van der Waals surface area contributed by atoms with Crippen molar-refractivity contribution in [3.8, 4) is 11.8 Å². The molecule has 1 aromatic carbocycles. The Kier molecular flexibility index (Phi) is 4.41. The number of benzene rings is 1. The Balaban J connectivity index is 2.25. The van der Waals surface area contributed by atoms with E-state index in [0.717, 1.165) is 16.8 Å². The van der Waals surface area contributed by atoms with Crippen molar-refractivity contribution in [3.05, 3.63) is 46.6 Å². The Labute approximate surface area is 123 Å². The van der Waals surface area contributed by atoms with Gasteiger partial charge in [0.15, 0.2) is 0 Å². The second-order valence-electron chi connectivity index (χ2n) is 4.74. The molecule has 2 N–H and O–H groups in total. The molecule has 0 saturated heterocycles. The molecule has 0 atom stereocenters. The van der Waals surface area contributed by atoms with Gasteiger partial charge in [-0.15, -0.1) is 0 Å². The molecule has 0 saturated carbocycles. The molecule has 2 rings (SSSR count). The first-order valence-electron chi connectivity index (χ1n) is 6.53. The number of nitrogens with one attached hydrogen (secondary N) is 1. The highest BCUT2D eigenvalue weighted by molar-refractivity contribution is 6.04. The Hall–Kier alpha value is -2.58. The SMILES string of the molecule is Cc1cc(NC(=O)c2ccc(C)c(C#CCO)c2)n(C)n1. The van der Waals surface area contributed by atoms with Crippen LogP contribution in [0.1, 0.15) is 27.2 Å². The fourth-order valence-electron chi connectivity index (χ4n) is 1.95. The van der Waals surface area contributed by atoms with Crippen LogP contribution in [0.25, 0.3) is 0 Å². The van der Waals surface area contributed by atoms with Crippen molar-refractivity contribution in [2.75, 3.05) is 11.9 Å². The second kappa shape index (κ2) is 6.25. The molecular formula is C16H17N3O2. The summed E-state index contributed by atoms with van der Waals surface area (Å²) in [5, 5.41) is 15.8. The summed E-state index contributed by atoms with van der Waals surface area (Å²) in [7, 11) is 1.77. The van der Waals surface area contributed by atoms with Gasteiger partial charge in [0.2, 0.25) is 0 Å². The summed E-state index contributed by atoms with van der Waals surface area (Å²) < 4.78 is 1.62. The van der Waals surface area contributed by atoms with Gasteiger partial charge >= 0.3 is 0 Å². The molecule has 0 fully saturated rings. The van der Waals surface area contributed by atoms with E-state index in [0.29, 0.717) is 11.4 Å². The number of nitrogens with zero attached hydrogens (tertiary/aromatic N) is 2. The van der Waals surface area contributed by atoms with E-state index in [9.17, 15) is 4.79 Å². The van der Waals surface area contributed by atoms with E-state index in [1.54, 1.807) is 29.9 Å². The molecular weight excluding hydrogens is 266 g/mol. The van der Waals surface area contributed by atoms with Crippen molar-refractivity contribution in [1.82, 2.24) is 9.78 Å². The molecule has 5 nitrogen and oxygen atoms in total. The van der Waals surface area contributed by atoms with Crippen LogP contribution in [-0.4, -0.2) is 27.4 Å². The standard InChI is InChI=1S/C16H17N3O2/c1-11-6-7-14(10-13(11)5-4-8-20)16(21)17-15-9-12(2)18-19(15)3/h6-7,9-10,20H,8H2,1-3H3,(H,17,21). The largest absolute Gasteiger partial charge is 0.384 e. The summed E-state index contributed by atoms with van der Waals surface area (Å²) in [5.74, 6) is 5.86. The second-order valence-corrected chi connectivity index (χ2v) is 4.74. The zero-order valence-electron chi connectivity index (χ0n) is 12.3. The highest BCUT2D eigenvalue weighted by atomic mass is 16.2. The fourth-order valence-corrected chi connectivity index (χ4v) is 1.95. The van der Waals surface area contributed by atoms with Crippen LogP contribution in [0.15, 0.2) is 24.3 Å². The molecule has 1 heterocycles. The van der Waals surface area contributed by atoms with Crippen molar-refractivity contribution >= 4 is 11.7 Å². The monoisotopic (exact) mass is 283 g/mol. The summed E-state index contributed by atoms with van der Waals surface area (Å²) in [4.78, 5) is 12.3. The zero-order valence-corrected chi connectivity index (χ0v) is 12.3. The fraction of sp³-hybridized carbons (Fsp3) is 0.250. The lowest BCUT2D eigenvalue weighted by atomic mass is 10.0. The van der Waals surface area contributed by atoms with Gasteiger partial charge in [0, 0.05) is 24.2 Å². The molecule has 0 spiro atoms. The Morgan fingerprint density at radius 3 is 2.76 bits per heavy atom. The normalized spacial score (nSPS) is 9.90. The van der Waals surface area contributed by atoms with E-state index in [-0.39, 0.29) is 12.5 Å². The van der Waals surface area contributed by atoms with E-state index >= 15 is 0 Å². The molecule has 2 aromatic rings. The maximum absolute atomic E-state index is 12.3. The number of carbonyl (C=O) groups excluding carboxylic acids is 1. The summed E-state index contributed by atoms with van der Waals surface area (Å²) in [6.07, 6.45) is 0. The molecule has 1 aromatic heterocycles. The van der Waals surface area contributed by atoms with Crippen molar-refractivity contribution in [1.29, 1.82) is 0 Å². The topological polar surface area (TPSA) is 67.2 Å². The number of aromatic nitrogens is 2. The first-order valence-corrected chi connectivity index (χ1v) is 6.53. The van der Waals surface area contributed by atoms with Crippen LogP contribution in [0.2, 0.25) is 0 Å². The van der Waals surface area contributed by atoms with Crippen molar-refractivity contribution in [3.63, 3.8) is 0 Å². The van der Waals surface area contributed by atoms with E-state index < -0.39 is 0 Å².